The van der Waals surface area contributed by atoms with E-state index in [-0.39, 0.29) is 0 Å². The highest BCUT2D eigenvalue weighted by Gasteiger charge is 2.28. The second-order valence-corrected chi connectivity index (χ2v) is 8.10. The van der Waals surface area contributed by atoms with Crippen LogP contribution in [0.15, 0.2) is 28.8 Å². The van der Waals surface area contributed by atoms with Gasteiger partial charge >= 0.3 is 6.09 Å². The van der Waals surface area contributed by atoms with Crippen LogP contribution in [0.3, 0.4) is 0 Å². The molecule has 146 valence electrons. The summed E-state index contributed by atoms with van der Waals surface area (Å²) in [6, 6.07) is 0. The van der Waals surface area contributed by atoms with Gasteiger partial charge in [-0.3, -0.25) is 5.32 Å². The molecule has 26 heavy (non-hydrogen) atoms. The van der Waals surface area contributed by atoms with Crippen molar-refractivity contribution >= 4 is 11.9 Å². The average molecular weight is 364 g/mol. The fourth-order valence-electron chi connectivity index (χ4n) is 3.01. The molecule has 0 saturated carbocycles. The normalized spacial score (nSPS) is 21.0. The van der Waals surface area contributed by atoms with Gasteiger partial charge in [0.1, 0.15) is 23.1 Å². The van der Waals surface area contributed by atoms with E-state index in [1.807, 2.05) is 64.0 Å². The van der Waals surface area contributed by atoms with Gasteiger partial charge in [-0.2, -0.15) is 0 Å². The molecule has 2 rings (SSSR count). The summed E-state index contributed by atoms with van der Waals surface area (Å²) in [7, 11) is 3.83. The lowest BCUT2D eigenvalue weighted by atomic mass is 9.99. The van der Waals surface area contributed by atoms with Crippen molar-refractivity contribution in [3.8, 4) is 0 Å². The Morgan fingerprint density at radius 2 is 1.96 bits per heavy atom. The number of carbonyl (C=O) groups excluding carboxylic acids is 1. The Bertz CT molecular complexity index is 608. The van der Waals surface area contributed by atoms with E-state index in [1.165, 1.54) is 0 Å². The zero-order chi connectivity index (χ0) is 19.5. The average Bonchev–Trinajstić information content (AvgIpc) is 2.52. The van der Waals surface area contributed by atoms with Gasteiger partial charge in [0.2, 0.25) is 0 Å². The second kappa shape index (κ2) is 8.12. The van der Waals surface area contributed by atoms with Crippen molar-refractivity contribution in [2.24, 2.45) is 10.9 Å². The van der Waals surface area contributed by atoms with E-state index in [0.717, 1.165) is 43.5 Å². The van der Waals surface area contributed by atoms with Gasteiger partial charge in [0, 0.05) is 33.3 Å². The molecule has 2 aliphatic rings. The van der Waals surface area contributed by atoms with Crippen molar-refractivity contribution in [1.29, 1.82) is 0 Å². The Kier molecular flexibility index (Phi) is 6.34. The van der Waals surface area contributed by atoms with Gasteiger partial charge in [0.15, 0.2) is 0 Å². The van der Waals surface area contributed by atoms with E-state index in [1.54, 1.807) is 0 Å². The van der Waals surface area contributed by atoms with Crippen molar-refractivity contribution in [2.45, 2.75) is 53.1 Å². The van der Waals surface area contributed by atoms with Crippen molar-refractivity contribution in [3.63, 3.8) is 0 Å². The molecule has 0 aromatic heterocycles. The molecule has 2 aliphatic heterocycles. The number of hydrogen-bond acceptors (Lipinski definition) is 6. The van der Waals surface area contributed by atoms with Crippen molar-refractivity contribution in [3.05, 3.63) is 23.8 Å². The predicted molar refractivity (Wildman–Crippen MR) is 104 cm³/mol. The topological polar surface area (TPSA) is 60.4 Å². The van der Waals surface area contributed by atoms with Gasteiger partial charge in [-0.15, -0.1) is 0 Å². The summed E-state index contributed by atoms with van der Waals surface area (Å²) >= 11 is 0. The fraction of sp³-hybridized carbons (Fsp3) is 0.684. The molecular weight excluding hydrogens is 330 g/mol. The Morgan fingerprint density at radius 3 is 2.46 bits per heavy atom. The number of hydrogen-bond donors (Lipinski definition) is 1. The van der Waals surface area contributed by atoms with Crippen LogP contribution in [0.5, 0.6) is 0 Å². The zero-order valence-electron chi connectivity index (χ0n) is 17.2. The molecule has 0 unspecified atom stereocenters. The summed E-state index contributed by atoms with van der Waals surface area (Å²) in [5, 5.41) is 6.63. The molecule has 0 aromatic rings. The van der Waals surface area contributed by atoms with Gasteiger partial charge in [-0.1, -0.05) is 6.92 Å². The molecule has 7 heteroatoms. The molecular formula is C19H33N5O2. The van der Waals surface area contributed by atoms with Gasteiger partial charge in [0.25, 0.3) is 0 Å². The highest BCUT2D eigenvalue weighted by atomic mass is 16.6. The van der Waals surface area contributed by atoms with Crippen LogP contribution in [-0.4, -0.2) is 59.6 Å². The Hall–Kier alpha value is -2.02. The largest absolute Gasteiger partial charge is 0.444 e. The highest BCUT2D eigenvalue weighted by molar-refractivity contribution is 5.95. The van der Waals surface area contributed by atoms with Crippen LogP contribution >= 0.6 is 0 Å². The molecule has 0 aliphatic carbocycles. The number of amidine groups is 1. The van der Waals surface area contributed by atoms with Gasteiger partial charge in [0.05, 0.1) is 0 Å². The highest BCUT2D eigenvalue weighted by Crippen LogP contribution is 2.24. The maximum atomic E-state index is 12.3. The summed E-state index contributed by atoms with van der Waals surface area (Å²) < 4.78 is 5.42. The van der Waals surface area contributed by atoms with E-state index < -0.39 is 11.7 Å². The maximum absolute atomic E-state index is 12.3. The first-order valence-electron chi connectivity index (χ1n) is 9.29. The molecule has 0 radical (unpaired) electrons. The van der Waals surface area contributed by atoms with E-state index in [9.17, 15) is 4.79 Å². The Morgan fingerprint density at radius 1 is 1.35 bits per heavy atom. The summed E-state index contributed by atoms with van der Waals surface area (Å²) in [5.74, 6) is 3.05. The number of rotatable bonds is 2. The third-order valence-electron chi connectivity index (χ3n) is 4.33. The summed E-state index contributed by atoms with van der Waals surface area (Å²) in [6.07, 6.45) is 5.71. The first-order valence-corrected chi connectivity index (χ1v) is 9.29. The van der Waals surface area contributed by atoms with Crippen LogP contribution < -0.4 is 5.32 Å². The predicted octanol–water partition coefficient (Wildman–Crippen LogP) is 3.14. The SMILES string of the molecule is C/C=C1/N=C(N2CCC(C)CC2)C=C(NC(=O)OC(C)(C)C)N1N(C)C. The molecule has 0 atom stereocenters. The molecule has 0 spiro atoms. The minimum absolute atomic E-state index is 0.473. The first-order chi connectivity index (χ1) is 12.1. The molecule has 2 heterocycles. The van der Waals surface area contributed by atoms with E-state index in [4.69, 9.17) is 9.73 Å². The van der Waals surface area contributed by atoms with E-state index in [2.05, 4.69) is 17.1 Å². The van der Waals surface area contributed by atoms with Crippen molar-refractivity contribution in [1.82, 2.24) is 20.2 Å². The fourth-order valence-corrected chi connectivity index (χ4v) is 3.01. The number of alkyl carbamates (subject to hydrolysis) is 1. The minimum Gasteiger partial charge on any atom is -0.444 e. The molecule has 0 bridgehead atoms. The number of nitrogens with zero attached hydrogens (tertiary/aromatic N) is 4. The number of allylic oxidation sites excluding steroid dienone is 1. The number of ether oxygens (including phenoxy) is 1. The number of amides is 1. The third-order valence-corrected chi connectivity index (χ3v) is 4.33. The molecule has 7 nitrogen and oxygen atoms in total. The van der Waals surface area contributed by atoms with E-state index in [0.29, 0.717) is 5.82 Å². The van der Waals surface area contributed by atoms with Gasteiger partial charge < -0.3 is 9.64 Å². The lowest BCUT2D eigenvalue weighted by molar-refractivity contribution is 0.0455. The number of likely N-dealkylation sites (tertiary alicyclic amines) is 1. The van der Waals surface area contributed by atoms with Crippen LogP contribution in [0.1, 0.15) is 47.5 Å². The first kappa shape index (κ1) is 20.3. The monoisotopic (exact) mass is 363 g/mol. The van der Waals surface area contributed by atoms with Crippen molar-refractivity contribution < 1.29 is 9.53 Å². The lowest BCUT2D eigenvalue weighted by Crippen LogP contribution is -2.47. The van der Waals surface area contributed by atoms with E-state index >= 15 is 0 Å². The van der Waals surface area contributed by atoms with Gasteiger partial charge in [-0.25, -0.2) is 19.8 Å². The smallest absolute Gasteiger partial charge is 0.413 e. The van der Waals surface area contributed by atoms with Gasteiger partial charge in [-0.05, 0) is 52.5 Å². The standard InChI is InChI=1S/C19H33N5O2/c1-8-15-20-16(23-11-9-14(2)10-12-23)13-17(24(15)22(6)7)21-18(25)26-19(3,4)5/h8,13-14H,9-12H2,1-7H3,(H,21,25)/b15-8-. The summed E-state index contributed by atoms with van der Waals surface area (Å²) in [6.45, 7) is 11.8. The van der Waals surface area contributed by atoms with Crippen molar-refractivity contribution in [2.75, 3.05) is 27.2 Å². The molecule has 1 saturated heterocycles. The zero-order valence-corrected chi connectivity index (χ0v) is 17.2. The Labute approximate surface area is 157 Å². The summed E-state index contributed by atoms with van der Waals surface area (Å²) in [5.41, 5.74) is -0.550. The number of carbonyl (C=O) groups is 1. The van der Waals surface area contributed by atoms with Crippen LogP contribution in [0, 0.1) is 5.92 Å². The van der Waals surface area contributed by atoms with Crippen LogP contribution in [0.2, 0.25) is 0 Å². The van der Waals surface area contributed by atoms with Crippen LogP contribution in [-0.2, 0) is 4.74 Å². The number of nitrogens with one attached hydrogen (secondary N) is 1. The molecule has 1 amide bonds. The lowest BCUT2D eigenvalue weighted by Gasteiger charge is -2.39. The molecule has 0 aromatic carbocycles. The van der Waals surface area contributed by atoms with Crippen LogP contribution in [0.25, 0.3) is 0 Å². The molecule has 1 N–H and O–H groups in total. The number of aliphatic imine (C=N–C) groups is 1. The maximum Gasteiger partial charge on any atom is 0.413 e. The summed E-state index contributed by atoms with van der Waals surface area (Å²) in [4.78, 5) is 19.4. The van der Waals surface area contributed by atoms with Crippen LogP contribution in [0.4, 0.5) is 4.79 Å². The Balaban J connectivity index is 2.27. The number of hydrazine groups is 1. The second-order valence-electron chi connectivity index (χ2n) is 8.10. The number of piperidine rings is 1. The molecule has 1 fully saturated rings. The quantitative estimate of drug-likeness (QED) is 0.817. The third kappa shape index (κ3) is 5.24. The minimum atomic E-state index is -0.550.